The molecule has 2 unspecified atom stereocenters. The minimum absolute atomic E-state index is 0.137. The standard InChI is InChI=1S/C30H30F3N3O8S/c1-38-22-10-17(11-23(39-2)27(22)40-3)20-14-21(44-36-20)16-8-9-29(41-4,42-5)25(12-16)43-15-26(37)35-28-34-19-7-6-18(30(31,32)33)13-24(19)45-28/h6-13,21,25H,14-15H2,1-5H3,(H,34,35,37). The van der Waals surface area contributed by atoms with Gasteiger partial charge in [-0.05, 0) is 48.1 Å². The number of hydrogen-bond donors (Lipinski definition) is 1. The third-order valence-corrected chi connectivity index (χ3v) is 8.21. The Hall–Kier alpha value is -4.18. The maximum Gasteiger partial charge on any atom is 0.416 e. The van der Waals surface area contributed by atoms with Crippen LogP contribution in [-0.4, -0.2) is 76.8 Å². The molecule has 2 aromatic carbocycles. The van der Waals surface area contributed by atoms with E-state index in [2.05, 4.69) is 15.5 Å². The molecule has 1 N–H and O–H groups in total. The molecule has 0 saturated heterocycles. The Balaban J connectivity index is 1.28. The number of anilines is 1. The molecule has 240 valence electrons. The molecule has 0 radical (unpaired) electrons. The summed E-state index contributed by atoms with van der Waals surface area (Å²) in [7, 11) is 7.46. The highest BCUT2D eigenvalue weighted by Gasteiger charge is 2.41. The summed E-state index contributed by atoms with van der Waals surface area (Å²) in [6, 6.07) is 6.76. The zero-order valence-corrected chi connectivity index (χ0v) is 25.7. The Morgan fingerprint density at radius 1 is 1.07 bits per heavy atom. The van der Waals surface area contributed by atoms with Gasteiger partial charge in [-0.25, -0.2) is 4.98 Å². The first-order chi connectivity index (χ1) is 21.5. The number of carbonyl (C=O) groups excluding carboxylic acids is 1. The second kappa shape index (κ2) is 13.0. The van der Waals surface area contributed by atoms with Gasteiger partial charge in [0.2, 0.25) is 11.5 Å². The third-order valence-electron chi connectivity index (χ3n) is 7.28. The Kier molecular flexibility index (Phi) is 9.34. The summed E-state index contributed by atoms with van der Waals surface area (Å²) in [5.74, 6) is -0.504. The van der Waals surface area contributed by atoms with Gasteiger partial charge in [0, 0.05) is 26.2 Å². The topological polar surface area (TPSA) is 119 Å². The summed E-state index contributed by atoms with van der Waals surface area (Å²) in [5.41, 5.74) is 1.62. The molecule has 0 spiro atoms. The van der Waals surface area contributed by atoms with Crippen LogP contribution in [0.25, 0.3) is 10.2 Å². The number of fused-ring (bicyclic) bond motifs is 1. The molecule has 1 amide bonds. The number of alkyl halides is 3. The van der Waals surface area contributed by atoms with E-state index in [1.807, 2.05) is 0 Å². The molecule has 11 nitrogen and oxygen atoms in total. The van der Waals surface area contributed by atoms with Gasteiger partial charge >= 0.3 is 6.18 Å². The van der Waals surface area contributed by atoms with E-state index in [1.165, 1.54) is 41.6 Å². The fourth-order valence-electron chi connectivity index (χ4n) is 4.93. The van der Waals surface area contributed by atoms with Gasteiger partial charge in [0.1, 0.15) is 12.7 Å². The summed E-state index contributed by atoms with van der Waals surface area (Å²) >= 11 is 0.925. The number of benzene rings is 2. The van der Waals surface area contributed by atoms with Gasteiger partial charge in [-0.2, -0.15) is 13.2 Å². The summed E-state index contributed by atoms with van der Waals surface area (Å²) < 4.78 is 73.0. The van der Waals surface area contributed by atoms with E-state index in [0.717, 1.165) is 29.0 Å². The van der Waals surface area contributed by atoms with Crippen LogP contribution in [0.4, 0.5) is 18.3 Å². The van der Waals surface area contributed by atoms with Crippen molar-refractivity contribution in [3.05, 3.63) is 65.3 Å². The van der Waals surface area contributed by atoms with Crippen molar-refractivity contribution in [3.8, 4) is 17.2 Å². The highest BCUT2D eigenvalue weighted by molar-refractivity contribution is 7.22. The Bertz CT molecular complexity index is 1640. The first-order valence-corrected chi connectivity index (χ1v) is 14.3. The van der Waals surface area contributed by atoms with Crippen molar-refractivity contribution in [2.24, 2.45) is 5.16 Å². The molecule has 2 heterocycles. The zero-order valence-electron chi connectivity index (χ0n) is 24.9. The number of hydrogen-bond acceptors (Lipinski definition) is 11. The van der Waals surface area contributed by atoms with Crippen LogP contribution < -0.4 is 19.5 Å². The molecule has 5 rings (SSSR count). The van der Waals surface area contributed by atoms with E-state index < -0.39 is 42.2 Å². The first kappa shape index (κ1) is 32.2. The van der Waals surface area contributed by atoms with Gasteiger partial charge < -0.3 is 33.3 Å². The number of thiazole rings is 1. The van der Waals surface area contributed by atoms with Crippen molar-refractivity contribution in [1.82, 2.24) is 4.98 Å². The first-order valence-electron chi connectivity index (χ1n) is 13.5. The van der Waals surface area contributed by atoms with Gasteiger partial charge in [-0.3, -0.25) is 10.1 Å². The van der Waals surface area contributed by atoms with E-state index in [9.17, 15) is 18.0 Å². The van der Waals surface area contributed by atoms with Gasteiger partial charge in [-0.1, -0.05) is 22.6 Å². The minimum atomic E-state index is -4.49. The normalized spacial score (nSPS) is 19.1. The Morgan fingerprint density at radius 2 is 1.78 bits per heavy atom. The predicted octanol–water partition coefficient (Wildman–Crippen LogP) is 5.34. The second-order valence-corrected chi connectivity index (χ2v) is 10.9. The predicted molar refractivity (Wildman–Crippen MR) is 159 cm³/mol. The van der Waals surface area contributed by atoms with Crippen LogP contribution in [0.15, 0.2) is 59.3 Å². The van der Waals surface area contributed by atoms with E-state index in [-0.39, 0.29) is 9.83 Å². The summed E-state index contributed by atoms with van der Waals surface area (Å²) in [6.07, 6.45) is -0.265. The molecule has 0 saturated carbocycles. The number of oxime groups is 1. The highest BCUT2D eigenvalue weighted by Crippen LogP contribution is 2.40. The number of nitrogens with zero attached hydrogens (tertiary/aromatic N) is 2. The maximum atomic E-state index is 13.1. The molecule has 45 heavy (non-hydrogen) atoms. The number of aromatic nitrogens is 1. The van der Waals surface area contributed by atoms with E-state index in [0.29, 0.717) is 40.5 Å². The highest BCUT2D eigenvalue weighted by atomic mass is 32.1. The zero-order chi connectivity index (χ0) is 32.4. The van der Waals surface area contributed by atoms with Gasteiger partial charge in [-0.15, -0.1) is 0 Å². The number of halogens is 3. The number of ether oxygens (including phenoxy) is 6. The lowest BCUT2D eigenvalue weighted by Gasteiger charge is -2.36. The lowest BCUT2D eigenvalue weighted by atomic mass is 9.92. The van der Waals surface area contributed by atoms with E-state index in [1.54, 1.807) is 30.4 Å². The molecule has 1 aliphatic carbocycles. The van der Waals surface area contributed by atoms with Crippen molar-refractivity contribution < 1.29 is 51.2 Å². The molecular weight excluding hydrogens is 619 g/mol. The summed E-state index contributed by atoms with van der Waals surface area (Å²) in [6.45, 7) is -0.431. The monoisotopic (exact) mass is 649 g/mol. The second-order valence-electron chi connectivity index (χ2n) is 9.86. The average molecular weight is 650 g/mol. The van der Waals surface area contributed by atoms with Crippen LogP contribution >= 0.6 is 11.3 Å². The quantitative estimate of drug-likeness (QED) is 0.275. The summed E-state index contributed by atoms with van der Waals surface area (Å²) in [4.78, 5) is 22.8. The number of carbonyl (C=O) groups is 1. The van der Waals surface area contributed by atoms with E-state index in [4.69, 9.17) is 33.3 Å². The SMILES string of the molecule is COc1cc(C2=NOC(C3=CC(OCC(=O)Nc4nc5ccc(C(F)(F)F)cc5s4)C(OC)(OC)C=C3)C2)cc(OC)c1OC. The number of rotatable bonds is 11. The van der Waals surface area contributed by atoms with Crippen LogP contribution in [0, 0.1) is 0 Å². The molecule has 1 aromatic heterocycles. The number of methoxy groups -OCH3 is 5. The third kappa shape index (κ3) is 6.61. The van der Waals surface area contributed by atoms with Crippen molar-refractivity contribution >= 4 is 38.3 Å². The van der Waals surface area contributed by atoms with Crippen LogP contribution in [0.1, 0.15) is 17.5 Å². The van der Waals surface area contributed by atoms with Crippen LogP contribution in [-0.2, 0) is 30.0 Å². The maximum absolute atomic E-state index is 13.1. The van der Waals surface area contributed by atoms with Crippen LogP contribution in [0.2, 0.25) is 0 Å². The van der Waals surface area contributed by atoms with Crippen LogP contribution in [0.5, 0.6) is 17.2 Å². The van der Waals surface area contributed by atoms with Crippen molar-refractivity contribution in [3.63, 3.8) is 0 Å². The van der Waals surface area contributed by atoms with Crippen LogP contribution in [0.3, 0.4) is 0 Å². The smallest absolute Gasteiger partial charge is 0.416 e. The molecule has 0 bridgehead atoms. The van der Waals surface area contributed by atoms with Crippen molar-refractivity contribution in [1.29, 1.82) is 0 Å². The van der Waals surface area contributed by atoms with Crippen molar-refractivity contribution in [2.45, 2.75) is 30.6 Å². The molecule has 3 aromatic rings. The lowest BCUT2D eigenvalue weighted by molar-refractivity contribution is -0.225. The Morgan fingerprint density at radius 3 is 2.40 bits per heavy atom. The molecule has 1 aliphatic heterocycles. The largest absolute Gasteiger partial charge is 0.493 e. The number of amides is 1. The molecule has 2 atom stereocenters. The van der Waals surface area contributed by atoms with E-state index >= 15 is 0 Å². The summed E-state index contributed by atoms with van der Waals surface area (Å²) in [5, 5.41) is 7.00. The average Bonchev–Trinajstić information content (AvgIpc) is 3.69. The molecule has 2 aliphatic rings. The minimum Gasteiger partial charge on any atom is -0.493 e. The van der Waals surface area contributed by atoms with Gasteiger partial charge in [0.25, 0.3) is 5.91 Å². The fraction of sp³-hybridized carbons (Fsp3) is 0.367. The van der Waals surface area contributed by atoms with Gasteiger partial charge in [0.15, 0.2) is 22.7 Å². The lowest BCUT2D eigenvalue weighted by Crippen LogP contribution is -2.47. The van der Waals surface area contributed by atoms with Gasteiger partial charge in [0.05, 0.1) is 42.8 Å². The number of nitrogens with one attached hydrogen (secondary N) is 1. The van der Waals surface area contributed by atoms with Crippen molar-refractivity contribution in [2.75, 3.05) is 47.5 Å². The molecular formula is C30H30F3N3O8S. The Labute approximate surface area is 260 Å². The fourth-order valence-corrected chi connectivity index (χ4v) is 5.86. The molecule has 0 fully saturated rings. The molecule has 15 heteroatoms.